The van der Waals surface area contributed by atoms with E-state index in [0.717, 1.165) is 0 Å². The zero-order valence-electron chi connectivity index (χ0n) is 14.9. The molecule has 3 nitrogen and oxygen atoms in total. The predicted octanol–water partition coefficient (Wildman–Crippen LogP) is 4.35. The van der Waals surface area contributed by atoms with Gasteiger partial charge < -0.3 is 15.3 Å². The van der Waals surface area contributed by atoms with Crippen molar-refractivity contribution < 1.29 is 98.7 Å². The molecule has 0 aliphatic rings. The van der Waals surface area contributed by atoms with Crippen molar-refractivity contribution in [3.63, 3.8) is 0 Å². The molecule has 2 atom stereocenters. The number of aliphatic hydroxyl groups excluding tert-OH is 3. The number of aliphatic hydroxyl groups is 3. The van der Waals surface area contributed by atoms with Gasteiger partial charge in [0, 0.05) is 0 Å². The Morgan fingerprint density at radius 3 is 0.941 bits per heavy atom. The summed E-state index contributed by atoms with van der Waals surface area (Å²) in [6.07, 6.45) is -19.3. The van der Waals surface area contributed by atoms with Crippen molar-refractivity contribution in [1.29, 1.82) is 0 Å². The van der Waals surface area contributed by atoms with Crippen molar-refractivity contribution in [2.45, 2.75) is 65.8 Å². The highest BCUT2D eigenvalue weighted by Gasteiger charge is 2.91. The number of halogens is 19. The molecule has 0 radical (unpaired) electrons. The molecule has 0 aromatic carbocycles. The molecule has 0 aliphatic carbocycles. The lowest BCUT2D eigenvalue weighted by atomic mass is 9.86. The molecule has 2 unspecified atom stereocenters. The van der Waals surface area contributed by atoms with E-state index in [1.54, 1.807) is 0 Å². The molecule has 22 heteroatoms. The van der Waals surface area contributed by atoms with E-state index in [9.17, 15) is 83.4 Å². The van der Waals surface area contributed by atoms with Crippen LogP contribution in [-0.4, -0.2) is 87.7 Å². The highest BCUT2D eigenvalue weighted by atomic mass is 19.4. The van der Waals surface area contributed by atoms with Crippen LogP contribution < -0.4 is 0 Å². The van der Waals surface area contributed by atoms with Crippen molar-refractivity contribution in [2.75, 3.05) is 6.61 Å². The summed E-state index contributed by atoms with van der Waals surface area (Å²) in [5, 5.41) is 24.9. The molecule has 0 aromatic rings. The minimum atomic E-state index is -8.56. The summed E-state index contributed by atoms with van der Waals surface area (Å²) >= 11 is 0. The summed E-state index contributed by atoms with van der Waals surface area (Å²) < 4.78 is 246. The lowest BCUT2D eigenvalue weighted by Crippen LogP contribution is -2.74. The summed E-state index contributed by atoms with van der Waals surface area (Å²) in [5.41, 5.74) is 0. The zero-order valence-corrected chi connectivity index (χ0v) is 14.9. The summed E-state index contributed by atoms with van der Waals surface area (Å²) in [6.45, 7) is -3.51. The monoisotopic (exact) mass is 560 g/mol. The summed E-state index contributed by atoms with van der Waals surface area (Å²) in [7, 11) is 0. The molecule has 3 N–H and O–H groups in total. The van der Waals surface area contributed by atoms with Crippen LogP contribution in [0, 0.1) is 0 Å². The van der Waals surface area contributed by atoms with Gasteiger partial charge in [0.2, 0.25) is 0 Å². The first-order chi connectivity index (χ1) is 14.4. The highest BCUT2D eigenvalue weighted by Crippen LogP contribution is 2.61. The Kier molecular flexibility index (Phi) is 7.95. The molecule has 0 aromatic heterocycles. The Morgan fingerprint density at radius 2 is 0.676 bits per heavy atom. The van der Waals surface area contributed by atoms with Crippen LogP contribution in [0.15, 0.2) is 0 Å². The second-order valence-corrected chi connectivity index (χ2v) is 6.37. The minimum absolute atomic E-state index is 3.51. The van der Waals surface area contributed by atoms with E-state index in [2.05, 4.69) is 0 Å². The summed E-state index contributed by atoms with van der Waals surface area (Å²) in [6, 6.07) is 0. The third-order valence-electron chi connectivity index (χ3n) is 4.08. The van der Waals surface area contributed by atoms with Gasteiger partial charge in [-0.15, -0.1) is 0 Å². The Hall–Kier alpha value is -1.45. The smallest absolute Gasteiger partial charge is 0.390 e. The van der Waals surface area contributed by atoms with Gasteiger partial charge in [0.05, 0.1) is 0 Å². The van der Waals surface area contributed by atoms with Crippen molar-refractivity contribution in [2.24, 2.45) is 0 Å². The van der Waals surface area contributed by atoms with Gasteiger partial charge in [-0.05, 0) is 0 Å². The van der Waals surface area contributed by atoms with Gasteiger partial charge in [-0.1, -0.05) is 0 Å². The van der Waals surface area contributed by atoms with E-state index in [1.165, 1.54) is 0 Å². The highest BCUT2D eigenvalue weighted by molar-refractivity contribution is 5.14. The van der Waals surface area contributed by atoms with Gasteiger partial charge in [-0.3, -0.25) is 0 Å². The lowest BCUT2D eigenvalue weighted by Gasteiger charge is -2.43. The second kappa shape index (κ2) is 8.30. The molecule has 0 spiro atoms. The van der Waals surface area contributed by atoms with Gasteiger partial charge in [0.25, 0.3) is 0 Å². The van der Waals surface area contributed by atoms with E-state index in [4.69, 9.17) is 15.3 Å². The molecule has 206 valence electrons. The van der Waals surface area contributed by atoms with Crippen molar-refractivity contribution in [3.05, 3.63) is 0 Å². The van der Waals surface area contributed by atoms with Gasteiger partial charge in [0.15, 0.2) is 12.2 Å². The van der Waals surface area contributed by atoms with Crippen molar-refractivity contribution in [3.8, 4) is 0 Å². The van der Waals surface area contributed by atoms with Crippen LogP contribution in [0.2, 0.25) is 0 Å². The van der Waals surface area contributed by atoms with Crippen LogP contribution in [0.4, 0.5) is 83.4 Å². The van der Waals surface area contributed by atoms with Gasteiger partial charge in [-0.2, -0.15) is 83.4 Å². The maximum absolute atomic E-state index is 13.5. The average molecular weight is 560 g/mol. The molecule has 34 heavy (non-hydrogen) atoms. The van der Waals surface area contributed by atoms with Crippen LogP contribution in [-0.2, 0) is 0 Å². The van der Waals surface area contributed by atoms with E-state index in [0.29, 0.717) is 0 Å². The molecule has 0 saturated heterocycles. The fourth-order valence-electron chi connectivity index (χ4n) is 1.89. The normalized spacial score (nSPS) is 18.2. The standard InChI is InChI=1S/C12H7F19O3/c13-4(14,1-32)7(19,20)10(25,26)11(27,28)8(21,22)5(15,16)2(33)3(34)6(17,18)9(23,24)12(29,30)31/h2-3,32-34H,1H2. The minimum Gasteiger partial charge on any atom is -0.390 e. The first-order valence-electron chi connectivity index (χ1n) is 7.44. The summed E-state index contributed by atoms with van der Waals surface area (Å²) in [5.74, 6) is -63.1. The third-order valence-corrected chi connectivity index (χ3v) is 4.08. The Morgan fingerprint density at radius 1 is 0.412 bits per heavy atom. The number of hydrogen-bond donors (Lipinski definition) is 3. The molecular weight excluding hydrogens is 553 g/mol. The van der Waals surface area contributed by atoms with Crippen LogP contribution >= 0.6 is 0 Å². The van der Waals surface area contributed by atoms with Crippen molar-refractivity contribution >= 4 is 0 Å². The van der Waals surface area contributed by atoms with Crippen LogP contribution in [0.5, 0.6) is 0 Å². The molecule has 0 heterocycles. The second-order valence-electron chi connectivity index (χ2n) is 6.37. The van der Waals surface area contributed by atoms with E-state index in [1.807, 2.05) is 0 Å². The molecule has 0 fully saturated rings. The maximum atomic E-state index is 13.5. The topological polar surface area (TPSA) is 60.7 Å². The largest absolute Gasteiger partial charge is 0.459 e. The maximum Gasteiger partial charge on any atom is 0.459 e. The van der Waals surface area contributed by atoms with Crippen LogP contribution in [0.3, 0.4) is 0 Å². The SMILES string of the molecule is OCC(F)(F)C(F)(F)C(F)(F)C(F)(F)C(F)(F)C(F)(F)C(O)C(O)C(F)(F)C(F)(F)C(F)(F)F. The number of rotatable bonds is 10. The first-order valence-corrected chi connectivity index (χ1v) is 7.44. The fraction of sp³-hybridized carbons (Fsp3) is 1.00. The molecule has 0 saturated carbocycles. The molecular formula is C12H7F19O3. The Bertz CT molecular complexity index is 727. The molecule has 0 amide bonds. The average Bonchev–Trinajstić information content (AvgIpc) is 2.64. The Labute approximate surface area is 172 Å². The van der Waals surface area contributed by atoms with E-state index < -0.39 is 72.4 Å². The fourth-order valence-corrected chi connectivity index (χ4v) is 1.89. The molecule has 0 aliphatic heterocycles. The first kappa shape index (κ1) is 32.5. The van der Waals surface area contributed by atoms with E-state index >= 15 is 0 Å². The van der Waals surface area contributed by atoms with Crippen LogP contribution in [0.25, 0.3) is 0 Å². The molecule has 0 rings (SSSR count). The Balaban J connectivity index is 6.68. The quantitative estimate of drug-likeness (QED) is 0.349. The predicted molar refractivity (Wildman–Crippen MR) is 64.7 cm³/mol. The summed E-state index contributed by atoms with van der Waals surface area (Å²) in [4.78, 5) is 0. The number of alkyl halides is 19. The van der Waals surface area contributed by atoms with Gasteiger partial charge >= 0.3 is 53.6 Å². The lowest BCUT2D eigenvalue weighted by molar-refractivity contribution is -0.439. The number of hydrogen-bond acceptors (Lipinski definition) is 3. The van der Waals surface area contributed by atoms with Gasteiger partial charge in [0.1, 0.15) is 6.61 Å². The van der Waals surface area contributed by atoms with Crippen molar-refractivity contribution in [1.82, 2.24) is 0 Å². The van der Waals surface area contributed by atoms with Gasteiger partial charge in [-0.25, -0.2) is 0 Å². The van der Waals surface area contributed by atoms with E-state index in [-0.39, 0.29) is 0 Å². The molecule has 0 bridgehead atoms. The zero-order chi connectivity index (χ0) is 28.4. The third kappa shape index (κ3) is 4.11. The van der Waals surface area contributed by atoms with Crippen LogP contribution in [0.1, 0.15) is 0 Å².